The molecule has 1 aromatic rings. The van der Waals surface area contributed by atoms with E-state index in [1.807, 2.05) is 58.0 Å². The molecule has 7 nitrogen and oxygen atoms in total. The van der Waals surface area contributed by atoms with Crippen LogP contribution in [0.5, 0.6) is 0 Å². The van der Waals surface area contributed by atoms with Crippen LogP contribution in [0, 0.1) is 5.92 Å². The van der Waals surface area contributed by atoms with Crippen LogP contribution in [0.15, 0.2) is 30.3 Å². The molecule has 0 heterocycles. The molecule has 0 unspecified atom stereocenters. The highest BCUT2D eigenvalue weighted by atomic mass is 16.5. The van der Waals surface area contributed by atoms with Crippen molar-refractivity contribution < 1.29 is 23.9 Å². The quantitative estimate of drug-likeness (QED) is 0.653. The number of methoxy groups -OCH3 is 1. The molecule has 0 fully saturated rings. The number of ether oxygens (including phenoxy) is 2. The van der Waals surface area contributed by atoms with Gasteiger partial charge in [-0.1, -0.05) is 37.3 Å². The number of benzene rings is 1. The topological polar surface area (TPSA) is 84.9 Å². The third-order valence-corrected chi connectivity index (χ3v) is 4.21. The first-order valence-corrected chi connectivity index (χ1v) is 9.37. The molecule has 0 saturated carbocycles. The Kier molecular flexibility index (Phi) is 9.12. The van der Waals surface area contributed by atoms with Gasteiger partial charge in [0.25, 0.3) is 0 Å². The van der Waals surface area contributed by atoms with Crippen molar-refractivity contribution in [3.63, 3.8) is 0 Å². The number of hydrogen-bond acceptors (Lipinski definition) is 5. The van der Waals surface area contributed by atoms with Crippen LogP contribution in [0.25, 0.3) is 0 Å². The van der Waals surface area contributed by atoms with Gasteiger partial charge in [0, 0.05) is 12.5 Å². The smallest absolute Gasteiger partial charge is 0.325 e. The average Bonchev–Trinajstić information content (AvgIpc) is 2.63. The first-order chi connectivity index (χ1) is 13.0. The van der Waals surface area contributed by atoms with Gasteiger partial charge in [-0.15, -0.1) is 0 Å². The van der Waals surface area contributed by atoms with Crippen molar-refractivity contribution in [1.82, 2.24) is 10.2 Å². The second-order valence-corrected chi connectivity index (χ2v) is 7.77. The number of carbonyl (C=O) groups is 3. The van der Waals surface area contributed by atoms with E-state index in [-0.39, 0.29) is 43.0 Å². The van der Waals surface area contributed by atoms with Crippen molar-refractivity contribution in [2.24, 2.45) is 5.92 Å². The Morgan fingerprint density at radius 2 is 1.71 bits per heavy atom. The van der Waals surface area contributed by atoms with Crippen LogP contribution in [-0.2, 0) is 25.6 Å². The van der Waals surface area contributed by atoms with Crippen LogP contribution < -0.4 is 5.32 Å². The minimum absolute atomic E-state index is 0.0824. The summed E-state index contributed by atoms with van der Waals surface area (Å²) in [6.07, 6.45) is -0.288. The number of hydrogen-bond donors (Lipinski definition) is 1. The van der Waals surface area contributed by atoms with Crippen molar-refractivity contribution in [3.05, 3.63) is 35.9 Å². The third kappa shape index (κ3) is 8.52. The van der Waals surface area contributed by atoms with E-state index in [0.717, 1.165) is 5.56 Å². The summed E-state index contributed by atoms with van der Waals surface area (Å²) in [6.45, 7) is 9.36. The minimum atomic E-state index is -0.556. The molecule has 2 amide bonds. The molecule has 0 bridgehead atoms. The molecule has 0 spiro atoms. The van der Waals surface area contributed by atoms with Crippen LogP contribution in [0.3, 0.4) is 0 Å². The van der Waals surface area contributed by atoms with E-state index in [0.29, 0.717) is 0 Å². The highest BCUT2D eigenvalue weighted by Crippen LogP contribution is 2.18. The van der Waals surface area contributed by atoms with E-state index in [4.69, 9.17) is 4.74 Å². The maximum atomic E-state index is 12.8. The summed E-state index contributed by atoms with van der Waals surface area (Å²) in [5, 5.41) is 2.49. The number of nitrogens with zero attached hydrogens (tertiary/aromatic N) is 1. The SMILES string of the molecule is COC(=O)CNC(=O)N(CC(=O)[C@@H](C)[C@@H](C)OC(C)(C)C)Cc1ccccc1. The minimum Gasteiger partial charge on any atom is -0.468 e. The first-order valence-electron chi connectivity index (χ1n) is 9.37. The summed E-state index contributed by atoms with van der Waals surface area (Å²) < 4.78 is 10.4. The molecule has 0 aromatic heterocycles. The summed E-state index contributed by atoms with van der Waals surface area (Å²) in [4.78, 5) is 38.0. The zero-order valence-electron chi connectivity index (χ0n) is 17.7. The van der Waals surface area contributed by atoms with Gasteiger partial charge in [-0.05, 0) is 33.3 Å². The van der Waals surface area contributed by atoms with Crippen molar-refractivity contribution in [2.45, 2.75) is 52.9 Å². The fourth-order valence-corrected chi connectivity index (χ4v) is 2.59. The number of rotatable bonds is 9. The van der Waals surface area contributed by atoms with Crippen molar-refractivity contribution in [3.8, 4) is 0 Å². The Balaban J connectivity index is 2.84. The van der Waals surface area contributed by atoms with Gasteiger partial charge in [-0.2, -0.15) is 0 Å². The first kappa shape index (κ1) is 23.6. The third-order valence-electron chi connectivity index (χ3n) is 4.21. The van der Waals surface area contributed by atoms with Gasteiger partial charge in [-0.3, -0.25) is 9.59 Å². The van der Waals surface area contributed by atoms with Crippen molar-refractivity contribution >= 4 is 17.8 Å². The van der Waals surface area contributed by atoms with Gasteiger partial charge in [0.15, 0.2) is 5.78 Å². The number of carbonyl (C=O) groups excluding carboxylic acids is 3. The summed E-state index contributed by atoms with van der Waals surface area (Å²) in [7, 11) is 1.25. The predicted molar refractivity (Wildman–Crippen MR) is 107 cm³/mol. The van der Waals surface area contributed by atoms with E-state index in [1.54, 1.807) is 6.92 Å². The second-order valence-electron chi connectivity index (χ2n) is 7.77. The number of esters is 1. The number of ketones is 1. The number of amides is 2. The molecule has 7 heteroatoms. The van der Waals surface area contributed by atoms with E-state index < -0.39 is 12.0 Å². The highest BCUT2D eigenvalue weighted by Gasteiger charge is 2.28. The van der Waals surface area contributed by atoms with Crippen LogP contribution in [0.4, 0.5) is 4.79 Å². The lowest BCUT2D eigenvalue weighted by molar-refractivity contribution is -0.139. The van der Waals surface area contributed by atoms with Gasteiger partial charge in [0.1, 0.15) is 6.54 Å². The fourth-order valence-electron chi connectivity index (χ4n) is 2.59. The monoisotopic (exact) mass is 392 g/mol. The Bertz CT molecular complexity index is 655. The lowest BCUT2D eigenvalue weighted by Crippen LogP contribution is -2.46. The Morgan fingerprint density at radius 1 is 1.11 bits per heavy atom. The lowest BCUT2D eigenvalue weighted by atomic mass is 9.99. The van der Waals surface area contributed by atoms with Crippen molar-refractivity contribution in [2.75, 3.05) is 20.2 Å². The van der Waals surface area contributed by atoms with Crippen LogP contribution >= 0.6 is 0 Å². The average molecular weight is 392 g/mol. The Morgan fingerprint density at radius 3 is 2.25 bits per heavy atom. The normalized spacial score (nSPS) is 13.4. The molecule has 156 valence electrons. The second kappa shape index (κ2) is 10.8. The van der Waals surface area contributed by atoms with E-state index in [9.17, 15) is 14.4 Å². The summed E-state index contributed by atoms with van der Waals surface area (Å²) in [6, 6.07) is 8.86. The Labute approximate surface area is 167 Å². The fraction of sp³-hybridized carbons (Fsp3) is 0.571. The maximum Gasteiger partial charge on any atom is 0.325 e. The van der Waals surface area contributed by atoms with Crippen molar-refractivity contribution in [1.29, 1.82) is 0 Å². The van der Waals surface area contributed by atoms with Crippen LogP contribution in [-0.4, -0.2) is 54.6 Å². The largest absolute Gasteiger partial charge is 0.468 e. The van der Waals surface area contributed by atoms with Gasteiger partial charge >= 0.3 is 12.0 Å². The molecule has 0 aliphatic rings. The molecule has 0 aliphatic carbocycles. The maximum absolute atomic E-state index is 12.8. The predicted octanol–water partition coefficient (Wildman–Crippen LogP) is 2.78. The molecule has 28 heavy (non-hydrogen) atoms. The Hall–Kier alpha value is -2.41. The standard InChI is InChI=1S/C21H32N2O5/c1-15(16(2)28-21(3,4)5)18(24)14-23(13-17-10-8-7-9-11-17)20(26)22-12-19(25)27-6/h7-11,15-16H,12-14H2,1-6H3,(H,22,26)/t15-,16+/m0/s1. The van der Waals surface area contributed by atoms with Crippen LogP contribution in [0.1, 0.15) is 40.2 Å². The molecule has 1 aromatic carbocycles. The molecule has 1 N–H and O–H groups in total. The molecule has 2 atom stereocenters. The van der Waals surface area contributed by atoms with Gasteiger partial charge in [-0.25, -0.2) is 4.79 Å². The molecular weight excluding hydrogens is 360 g/mol. The molecule has 1 rings (SSSR count). The zero-order valence-corrected chi connectivity index (χ0v) is 17.7. The van der Waals surface area contributed by atoms with Gasteiger partial charge < -0.3 is 19.7 Å². The van der Waals surface area contributed by atoms with Gasteiger partial charge in [0.05, 0.1) is 25.4 Å². The van der Waals surface area contributed by atoms with Crippen LogP contribution in [0.2, 0.25) is 0 Å². The summed E-state index contributed by atoms with van der Waals surface area (Å²) >= 11 is 0. The molecule has 0 saturated heterocycles. The number of urea groups is 1. The number of nitrogens with one attached hydrogen (secondary N) is 1. The lowest BCUT2D eigenvalue weighted by Gasteiger charge is -2.30. The van der Waals surface area contributed by atoms with E-state index in [2.05, 4.69) is 10.1 Å². The van der Waals surface area contributed by atoms with E-state index in [1.165, 1.54) is 12.0 Å². The molecular formula is C21H32N2O5. The zero-order chi connectivity index (χ0) is 21.3. The summed E-state index contributed by atoms with van der Waals surface area (Å²) in [5.41, 5.74) is 0.519. The molecule has 0 aliphatic heterocycles. The highest BCUT2D eigenvalue weighted by molar-refractivity contribution is 5.88. The van der Waals surface area contributed by atoms with E-state index >= 15 is 0 Å². The van der Waals surface area contributed by atoms with Gasteiger partial charge in [0.2, 0.25) is 0 Å². The number of Topliss-reactive ketones (excluding diaryl/α,β-unsaturated/α-hetero) is 1. The summed E-state index contributed by atoms with van der Waals surface area (Å²) in [5.74, 6) is -1.05. The molecule has 0 radical (unpaired) electrons.